The Kier molecular flexibility index (Phi) is 1.96. The van der Waals surface area contributed by atoms with Gasteiger partial charge in [-0.25, -0.2) is 0 Å². The van der Waals surface area contributed by atoms with Crippen molar-refractivity contribution in [3.05, 3.63) is 36.1 Å². The average Bonchev–Trinajstić information content (AvgIpc) is 2.07. The number of nitrogens with zero attached hydrogens (tertiary/aromatic N) is 1. The fourth-order valence-corrected chi connectivity index (χ4v) is 1.93. The minimum atomic E-state index is 0.0611. The lowest BCUT2D eigenvalue weighted by Crippen LogP contribution is -2.23. The van der Waals surface area contributed by atoms with E-state index in [1.54, 1.807) is 6.20 Å². The number of hydrogen-bond donors (Lipinski definition) is 0. The second kappa shape index (κ2) is 2.97. The van der Waals surface area contributed by atoms with E-state index in [1.165, 1.54) is 6.08 Å². The Bertz CT molecular complexity index is 350. The Morgan fingerprint density at radius 2 is 2.33 bits per heavy atom. The third-order valence-electron chi connectivity index (χ3n) is 1.79. The summed E-state index contributed by atoms with van der Waals surface area (Å²) in [6.07, 6.45) is 8.81. The molecule has 1 heterocycles. The third-order valence-corrected chi connectivity index (χ3v) is 2.79. The largest absolute Gasteiger partial charge is 0.289 e. The second-order valence-corrected chi connectivity index (χ2v) is 3.90. The van der Waals surface area contributed by atoms with Gasteiger partial charge in [0.2, 0.25) is 0 Å². The zero-order valence-corrected chi connectivity index (χ0v) is 8.36. The number of rotatable bonds is 0. The molecule has 3 heteroatoms. The van der Waals surface area contributed by atoms with Crippen LogP contribution >= 0.6 is 22.6 Å². The normalized spacial score (nSPS) is 26.4. The molecule has 0 saturated carbocycles. The van der Waals surface area contributed by atoms with E-state index in [4.69, 9.17) is 0 Å². The van der Waals surface area contributed by atoms with E-state index in [2.05, 4.69) is 27.6 Å². The van der Waals surface area contributed by atoms with Gasteiger partial charge in [0.1, 0.15) is 0 Å². The summed E-state index contributed by atoms with van der Waals surface area (Å²) in [4.78, 5) is 15.5. The fourth-order valence-electron chi connectivity index (χ4n) is 1.20. The van der Waals surface area contributed by atoms with Gasteiger partial charge in [-0.1, -0.05) is 34.7 Å². The molecule has 2 nitrogen and oxygen atoms in total. The minimum absolute atomic E-state index is 0.0611. The molecule has 1 aliphatic heterocycles. The number of carbonyl (C=O) groups is 1. The van der Waals surface area contributed by atoms with E-state index in [0.29, 0.717) is 0 Å². The highest BCUT2D eigenvalue weighted by atomic mass is 127. The monoisotopic (exact) mass is 271 g/mol. The van der Waals surface area contributed by atoms with Gasteiger partial charge in [0.15, 0.2) is 5.78 Å². The predicted octanol–water partition coefficient (Wildman–Crippen LogP) is 1.82. The molecule has 12 heavy (non-hydrogen) atoms. The van der Waals surface area contributed by atoms with Crippen LogP contribution in [-0.2, 0) is 4.79 Å². The van der Waals surface area contributed by atoms with Gasteiger partial charge in [-0.15, -0.1) is 0 Å². The van der Waals surface area contributed by atoms with E-state index in [-0.39, 0.29) is 9.71 Å². The lowest BCUT2D eigenvalue weighted by Gasteiger charge is -2.16. The highest BCUT2D eigenvalue weighted by molar-refractivity contribution is 14.1. The van der Waals surface area contributed by atoms with Crippen LogP contribution in [0.2, 0.25) is 0 Å². The van der Waals surface area contributed by atoms with E-state index in [1.807, 2.05) is 18.2 Å². The summed E-state index contributed by atoms with van der Waals surface area (Å²) in [5.41, 5.74) is 1.62. The Morgan fingerprint density at radius 3 is 3.08 bits per heavy atom. The van der Waals surface area contributed by atoms with Crippen LogP contribution in [0.25, 0.3) is 0 Å². The van der Waals surface area contributed by atoms with Crippen LogP contribution in [0, 0.1) is 0 Å². The van der Waals surface area contributed by atoms with E-state index in [0.717, 1.165) is 11.3 Å². The topological polar surface area (TPSA) is 29.4 Å². The lowest BCUT2D eigenvalue weighted by atomic mass is 9.97. The van der Waals surface area contributed by atoms with Crippen molar-refractivity contribution in [3.8, 4) is 0 Å². The van der Waals surface area contributed by atoms with Crippen LogP contribution in [0.1, 0.15) is 0 Å². The molecule has 0 N–H and O–H groups in total. The zero-order chi connectivity index (χ0) is 8.55. The second-order valence-electron chi connectivity index (χ2n) is 2.56. The van der Waals surface area contributed by atoms with Gasteiger partial charge in [-0.3, -0.25) is 9.79 Å². The van der Waals surface area contributed by atoms with Crippen molar-refractivity contribution in [3.63, 3.8) is 0 Å². The molecule has 2 aliphatic rings. The molecule has 60 valence electrons. The summed E-state index contributed by atoms with van der Waals surface area (Å²) in [6, 6.07) is 0. The summed E-state index contributed by atoms with van der Waals surface area (Å²) >= 11 is 2.26. The predicted molar refractivity (Wildman–Crippen MR) is 56.6 cm³/mol. The standard InChI is InChI=1S/C9H6INO/c10-7-3-1-2-6-8(12)4-5-11-9(6)7/h1-5,7H. The van der Waals surface area contributed by atoms with Crippen molar-refractivity contribution >= 4 is 34.1 Å². The summed E-state index contributed by atoms with van der Waals surface area (Å²) in [5, 5.41) is 0. The van der Waals surface area contributed by atoms with E-state index in [9.17, 15) is 4.79 Å². The maximum atomic E-state index is 11.3. The molecule has 1 aliphatic carbocycles. The fraction of sp³-hybridized carbons (Fsp3) is 0.111. The third kappa shape index (κ3) is 1.18. The molecular formula is C9H6INO. The van der Waals surface area contributed by atoms with Crippen LogP contribution in [0.3, 0.4) is 0 Å². The van der Waals surface area contributed by atoms with Crippen molar-refractivity contribution in [2.45, 2.75) is 3.92 Å². The molecule has 0 aromatic heterocycles. The highest BCUT2D eigenvalue weighted by Gasteiger charge is 2.22. The van der Waals surface area contributed by atoms with Crippen LogP contribution in [0.15, 0.2) is 41.1 Å². The SMILES string of the molecule is O=C1C=CN=C2C1=CC=CC2I. The van der Waals surface area contributed by atoms with Gasteiger partial charge in [-0.2, -0.15) is 0 Å². The zero-order valence-electron chi connectivity index (χ0n) is 6.20. The molecule has 0 saturated heterocycles. The maximum absolute atomic E-state index is 11.3. The number of ketones is 1. The maximum Gasteiger partial charge on any atom is 0.189 e. The van der Waals surface area contributed by atoms with Gasteiger partial charge in [0, 0.05) is 17.8 Å². The van der Waals surface area contributed by atoms with Crippen molar-refractivity contribution in [1.29, 1.82) is 0 Å². The number of aliphatic imine (C=N–C) groups is 1. The van der Waals surface area contributed by atoms with E-state index >= 15 is 0 Å². The molecule has 0 aromatic rings. The van der Waals surface area contributed by atoms with Crippen LogP contribution in [0.5, 0.6) is 0 Å². The smallest absolute Gasteiger partial charge is 0.189 e. The van der Waals surface area contributed by atoms with Crippen molar-refractivity contribution in [2.75, 3.05) is 0 Å². The van der Waals surface area contributed by atoms with Crippen molar-refractivity contribution < 1.29 is 4.79 Å². The van der Waals surface area contributed by atoms with E-state index < -0.39 is 0 Å². The lowest BCUT2D eigenvalue weighted by molar-refractivity contribution is -0.110. The number of carbonyl (C=O) groups excluding carboxylic acids is 1. The Labute approximate surface area is 83.9 Å². The average molecular weight is 271 g/mol. The Morgan fingerprint density at radius 1 is 1.50 bits per heavy atom. The van der Waals surface area contributed by atoms with Crippen LogP contribution in [-0.4, -0.2) is 15.4 Å². The molecule has 0 bridgehead atoms. The number of alkyl halides is 1. The molecule has 0 radical (unpaired) electrons. The molecule has 1 atom stereocenters. The first-order valence-electron chi connectivity index (χ1n) is 3.60. The number of hydrogen-bond acceptors (Lipinski definition) is 2. The number of halogens is 1. The molecule has 0 aromatic carbocycles. The van der Waals surface area contributed by atoms with Gasteiger partial charge in [0.25, 0.3) is 0 Å². The molecule has 0 fully saturated rings. The van der Waals surface area contributed by atoms with Gasteiger partial charge >= 0.3 is 0 Å². The van der Waals surface area contributed by atoms with Gasteiger partial charge in [0.05, 0.1) is 9.64 Å². The molecular weight excluding hydrogens is 265 g/mol. The minimum Gasteiger partial charge on any atom is -0.289 e. The summed E-state index contributed by atoms with van der Waals surface area (Å²) < 4.78 is 0.233. The quantitative estimate of drug-likeness (QED) is 0.488. The summed E-state index contributed by atoms with van der Waals surface area (Å²) in [5.74, 6) is 0.0611. The first-order valence-corrected chi connectivity index (χ1v) is 4.85. The molecule has 2 rings (SSSR count). The molecule has 0 amide bonds. The highest BCUT2D eigenvalue weighted by Crippen LogP contribution is 2.20. The van der Waals surface area contributed by atoms with Crippen molar-refractivity contribution in [2.24, 2.45) is 4.99 Å². The Balaban J connectivity index is 2.50. The first-order chi connectivity index (χ1) is 5.79. The first kappa shape index (κ1) is 7.91. The number of allylic oxidation sites excluding steroid dienone is 5. The van der Waals surface area contributed by atoms with Crippen LogP contribution < -0.4 is 0 Å². The van der Waals surface area contributed by atoms with Gasteiger partial charge < -0.3 is 0 Å². The summed E-state index contributed by atoms with van der Waals surface area (Å²) in [6.45, 7) is 0. The van der Waals surface area contributed by atoms with Crippen molar-refractivity contribution in [1.82, 2.24) is 0 Å². The summed E-state index contributed by atoms with van der Waals surface area (Å²) in [7, 11) is 0. The Hall–Kier alpha value is -0.710. The molecule has 0 spiro atoms. The molecule has 1 unspecified atom stereocenters. The van der Waals surface area contributed by atoms with Gasteiger partial charge in [-0.05, 0) is 6.08 Å². The van der Waals surface area contributed by atoms with Crippen LogP contribution in [0.4, 0.5) is 0 Å². The number of fused-ring (bicyclic) bond motifs is 1.